The average Bonchev–Trinajstić information content (AvgIpc) is 3.29. The summed E-state index contributed by atoms with van der Waals surface area (Å²) in [6, 6.07) is 12.3. The number of nitrogens with one attached hydrogen (secondary N) is 1. The monoisotopic (exact) mass is 496 g/mol. The Balaban J connectivity index is 1.86. The standard InChI is InChI=1S/C21H18ClFN2O5S2/c1-2-30-21(27)15-10-9-14(12-16(15)22)24-19(26)13-25(18-7-4-3-6-17(18)23)32(28,29)20-8-5-11-31-20/h3-12H,2,13H2,1H3,(H,24,26). The first-order valence-corrected chi connectivity index (χ1v) is 12.0. The van der Waals surface area contributed by atoms with E-state index in [4.69, 9.17) is 16.3 Å². The van der Waals surface area contributed by atoms with Crippen LogP contribution in [-0.4, -0.2) is 33.4 Å². The number of halogens is 2. The maximum Gasteiger partial charge on any atom is 0.339 e. The molecule has 0 radical (unpaired) electrons. The van der Waals surface area contributed by atoms with Crippen LogP contribution >= 0.6 is 22.9 Å². The van der Waals surface area contributed by atoms with E-state index in [0.717, 1.165) is 17.4 Å². The lowest BCUT2D eigenvalue weighted by Crippen LogP contribution is -2.38. The number of carbonyl (C=O) groups is 2. The maximum atomic E-state index is 14.4. The first kappa shape index (κ1) is 23.7. The van der Waals surface area contributed by atoms with Crippen molar-refractivity contribution in [3.8, 4) is 0 Å². The predicted octanol–water partition coefficient (Wildman–Crippen LogP) is 4.55. The molecule has 0 aliphatic rings. The van der Waals surface area contributed by atoms with Crippen LogP contribution in [-0.2, 0) is 19.6 Å². The van der Waals surface area contributed by atoms with Crippen LogP contribution in [0.4, 0.5) is 15.8 Å². The van der Waals surface area contributed by atoms with Gasteiger partial charge in [0, 0.05) is 5.69 Å². The van der Waals surface area contributed by atoms with E-state index in [1.54, 1.807) is 18.4 Å². The largest absolute Gasteiger partial charge is 0.462 e. The third kappa shape index (κ3) is 5.26. The summed E-state index contributed by atoms with van der Waals surface area (Å²) < 4.78 is 46.2. The van der Waals surface area contributed by atoms with Gasteiger partial charge in [-0.25, -0.2) is 17.6 Å². The fraction of sp³-hybridized carbons (Fsp3) is 0.143. The minimum atomic E-state index is -4.19. The highest BCUT2D eigenvalue weighted by Crippen LogP contribution is 2.29. The lowest BCUT2D eigenvalue weighted by Gasteiger charge is -2.23. The van der Waals surface area contributed by atoms with Crippen LogP contribution in [0.3, 0.4) is 0 Å². The summed E-state index contributed by atoms with van der Waals surface area (Å²) >= 11 is 7.05. The smallest absolute Gasteiger partial charge is 0.339 e. The Morgan fingerprint density at radius 1 is 1.16 bits per heavy atom. The Bertz CT molecular complexity index is 1230. The van der Waals surface area contributed by atoms with Gasteiger partial charge in [0.05, 0.1) is 22.9 Å². The molecule has 0 saturated heterocycles. The lowest BCUT2D eigenvalue weighted by molar-refractivity contribution is -0.114. The Labute approximate surface area is 193 Å². The van der Waals surface area contributed by atoms with Crippen molar-refractivity contribution in [2.75, 3.05) is 22.8 Å². The number of nitrogens with zero attached hydrogens (tertiary/aromatic N) is 1. The number of carbonyl (C=O) groups excluding carboxylic acids is 2. The first-order chi connectivity index (χ1) is 15.2. The maximum absolute atomic E-state index is 14.4. The van der Waals surface area contributed by atoms with Gasteiger partial charge in [-0.05, 0) is 48.7 Å². The molecule has 0 spiro atoms. The van der Waals surface area contributed by atoms with Crippen molar-refractivity contribution >= 4 is 56.2 Å². The van der Waals surface area contributed by atoms with Gasteiger partial charge in [0.1, 0.15) is 16.6 Å². The second kappa shape index (κ2) is 10.1. The van der Waals surface area contributed by atoms with Gasteiger partial charge < -0.3 is 10.1 Å². The number of rotatable bonds is 8. The highest BCUT2D eigenvalue weighted by molar-refractivity contribution is 7.94. The van der Waals surface area contributed by atoms with Crippen molar-refractivity contribution in [1.82, 2.24) is 0 Å². The number of thiophene rings is 1. The van der Waals surface area contributed by atoms with Crippen LogP contribution in [0, 0.1) is 5.82 Å². The predicted molar refractivity (Wildman–Crippen MR) is 121 cm³/mol. The van der Waals surface area contributed by atoms with Crippen molar-refractivity contribution in [2.24, 2.45) is 0 Å². The van der Waals surface area contributed by atoms with Gasteiger partial charge in [-0.15, -0.1) is 11.3 Å². The van der Waals surface area contributed by atoms with Gasteiger partial charge in [0.15, 0.2) is 0 Å². The van der Waals surface area contributed by atoms with Crippen LogP contribution in [0.25, 0.3) is 0 Å². The summed E-state index contributed by atoms with van der Waals surface area (Å²) in [5.41, 5.74) is 0.0987. The molecule has 3 rings (SSSR count). The molecule has 0 aliphatic heterocycles. The molecule has 1 amide bonds. The van der Waals surface area contributed by atoms with Crippen LogP contribution < -0.4 is 9.62 Å². The van der Waals surface area contributed by atoms with Crippen molar-refractivity contribution in [3.05, 3.63) is 76.4 Å². The third-order valence-corrected chi connectivity index (χ3v) is 7.64. The molecule has 0 unspecified atom stereocenters. The normalized spacial score (nSPS) is 11.1. The summed E-state index contributed by atoms with van der Waals surface area (Å²) in [6.07, 6.45) is 0. The second-order valence-electron chi connectivity index (χ2n) is 6.36. The molecular formula is C21H18ClFN2O5S2. The molecule has 168 valence electrons. The molecule has 3 aromatic rings. The SMILES string of the molecule is CCOC(=O)c1ccc(NC(=O)CN(c2ccccc2F)S(=O)(=O)c2cccs2)cc1Cl. The number of benzene rings is 2. The summed E-state index contributed by atoms with van der Waals surface area (Å²) in [5, 5.41) is 4.14. The summed E-state index contributed by atoms with van der Waals surface area (Å²) in [7, 11) is -4.19. The number of hydrogen-bond donors (Lipinski definition) is 1. The summed E-state index contributed by atoms with van der Waals surface area (Å²) in [4.78, 5) is 24.5. The first-order valence-electron chi connectivity index (χ1n) is 9.31. The van der Waals surface area contributed by atoms with Gasteiger partial charge in [0.2, 0.25) is 5.91 Å². The van der Waals surface area contributed by atoms with E-state index in [2.05, 4.69) is 5.32 Å². The molecule has 1 aromatic heterocycles. The van der Waals surface area contributed by atoms with Crippen LogP contribution in [0.5, 0.6) is 0 Å². The number of ether oxygens (including phenoxy) is 1. The Morgan fingerprint density at radius 3 is 2.53 bits per heavy atom. The third-order valence-electron chi connectivity index (χ3n) is 4.20. The van der Waals surface area contributed by atoms with Crippen LogP contribution in [0.2, 0.25) is 5.02 Å². The molecule has 1 heterocycles. The van der Waals surface area contributed by atoms with E-state index in [1.165, 1.54) is 42.5 Å². The Kier molecular flexibility index (Phi) is 7.49. The molecule has 1 N–H and O–H groups in total. The molecule has 7 nitrogen and oxygen atoms in total. The fourth-order valence-electron chi connectivity index (χ4n) is 2.77. The molecule has 0 bridgehead atoms. The van der Waals surface area contributed by atoms with E-state index in [1.807, 2.05) is 0 Å². The van der Waals surface area contributed by atoms with Gasteiger partial charge >= 0.3 is 5.97 Å². The quantitative estimate of drug-likeness (QED) is 0.462. The van der Waals surface area contributed by atoms with E-state index in [9.17, 15) is 22.4 Å². The van der Waals surface area contributed by atoms with Crippen molar-refractivity contribution in [2.45, 2.75) is 11.1 Å². The van der Waals surface area contributed by atoms with Gasteiger partial charge in [0.25, 0.3) is 10.0 Å². The molecule has 32 heavy (non-hydrogen) atoms. The minimum absolute atomic E-state index is 0.0320. The van der Waals surface area contributed by atoms with E-state index < -0.39 is 34.3 Å². The molecule has 0 aliphatic carbocycles. The van der Waals surface area contributed by atoms with Crippen LogP contribution in [0.15, 0.2) is 64.2 Å². The highest BCUT2D eigenvalue weighted by atomic mass is 35.5. The average molecular weight is 497 g/mol. The molecule has 0 saturated carbocycles. The molecule has 0 atom stereocenters. The number of para-hydroxylation sites is 1. The molecule has 11 heteroatoms. The minimum Gasteiger partial charge on any atom is -0.462 e. The highest BCUT2D eigenvalue weighted by Gasteiger charge is 2.30. The topological polar surface area (TPSA) is 92.8 Å². The van der Waals surface area contributed by atoms with E-state index in [-0.39, 0.29) is 32.8 Å². The summed E-state index contributed by atoms with van der Waals surface area (Å²) in [6.45, 7) is 1.16. The van der Waals surface area contributed by atoms with Crippen molar-refractivity contribution in [3.63, 3.8) is 0 Å². The van der Waals surface area contributed by atoms with Gasteiger partial charge in [-0.3, -0.25) is 9.10 Å². The van der Waals surface area contributed by atoms with E-state index >= 15 is 0 Å². The molecular weight excluding hydrogens is 479 g/mol. The number of hydrogen-bond acceptors (Lipinski definition) is 6. The number of amides is 1. The number of esters is 1. The molecule has 2 aromatic carbocycles. The summed E-state index contributed by atoms with van der Waals surface area (Å²) in [5.74, 6) is -2.13. The zero-order valence-electron chi connectivity index (χ0n) is 16.7. The Hall–Kier alpha value is -2.95. The van der Waals surface area contributed by atoms with Gasteiger partial charge in [-0.1, -0.05) is 29.8 Å². The van der Waals surface area contributed by atoms with Crippen molar-refractivity contribution in [1.29, 1.82) is 0 Å². The van der Waals surface area contributed by atoms with E-state index in [0.29, 0.717) is 4.31 Å². The molecule has 0 fully saturated rings. The zero-order chi connectivity index (χ0) is 23.3. The number of anilines is 2. The van der Waals surface area contributed by atoms with Gasteiger partial charge in [-0.2, -0.15) is 0 Å². The van der Waals surface area contributed by atoms with Crippen molar-refractivity contribution < 1.29 is 27.1 Å². The lowest BCUT2D eigenvalue weighted by atomic mass is 10.2. The van der Waals surface area contributed by atoms with Crippen LogP contribution in [0.1, 0.15) is 17.3 Å². The zero-order valence-corrected chi connectivity index (χ0v) is 19.1. The Morgan fingerprint density at radius 2 is 1.91 bits per heavy atom. The second-order valence-corrected chi connectivity index (χ2v) is 9.80. The number of sulfonamides is 1. The fourth-order valence-corrected chi connectivity index (χ4v) is 5.56.